The number of nitrogens with zero attached hydrogens (tertiary/aromatic N) is 3. The lowest BCUT2D eigenvalue weighted by atomic mass is 10.4. The van der Waals surface area contributed by atoms with Gasteiger partial charge in [-0.15, -0.1) is 6.58 Å². The average molecular weight is 97.1 g/mol. The van der Waals surface area contributed by atoms with Crippen LogP contribution in [0.2, 0.25) is 0 Å². The molecule has 0 unspecified atom stereocenters. The van der Waals surface area contributed by atoms with E-state index in [9.17, 15) is 0 Å². The minimum Gasteiger partial charge on any atom is -0.100 e. The van der Waals surface area contributed by atoms with Crippen molar-refractivity contribution in [2.45, 2.75) is 6.92 Å². The van der Waals surface area contributed by atoms with Gasteiger partial charge in [-0.1, -0.05) is 10.7 Å². The normalized spacial score (nSPS) is 7.00. The van der Waals surface area contributed by atoms with Gasteiger partial charge in [-0.25, -0.2) is 0 Å². The molecule has 38 valence electrons. The molecule has 0 aromatic carbocycles. The summed E-state index contributed by atoms with van der Waals surface area (Å²) in [6.07, 6.45) is 0. The van der Waals surface area contributed by atoms with Gasteiger partial charge in [0.2, 0.25) is 0 Å². The van der Waals surface area contributed by atoms with Crippen LogP contribution < -0.4 is 0 Å². The standard InChI is InChI=1S/C4H7N3/c1-4(2)3-6-7-5/h1,3H2,2H3. The van der Waals surface area contributed by atoms with E-state index in [1.807, 2.05) is 6.92 Å². The summed E-state index contributed by atoms with van der Waals surface area (Å²) in [6, 6.07) is 0. The monoisotopic (exact) mass is 97.1 g/mol. The molecular formula is C4H7N3. The number of hydrogen-bond acceptors (Lipinski definition) is 1. The molecule has 0 rings (SSSR count). The highest BCUT2D eigenvalue weighted by atomic mass is 15.1. The van der Waals surface area contributed by atoms with Crippen molar-refractivity contribution < 1.29 is 0 Å². The molecule has 3 nitrogen and oxygen atoms in total. The van der Waals surface area contributed by atoms with Crippen LogP contribution >= 0.6 is 0 Å². The van der Waals surface area contributed by atoms with E-state index in [1.165, 1.54) is 0 Å². The van der Waals surface area contributed by atoms with Gasteiger partial charge in [0.1, 0.15) is 0 Å². The van der Waals surface area contributed by atoms with Gasteiger partial charge in [0.05, 0.1) is 0 Å². The third kappa shape index (κ3) is 5.05. The molecule has 0 spiro atoms. The zero-order chi connectivity index (χ0) is 5.70. The van der Waals surface area contributed by atoms with E-state index in [4.69, 9.17) is 5.53 Å². The molecule has 0 radical (unpaired) electrons. The molecule has 0 fully saturated rings. The van der Waals surface area contributed by atoms with Crippen molar-refractivity contribution in [3.05, 3.63) is 22.6 Å². The highest BCUT2D eigenvalue weighted by molar-refractivity contribution is 4.90. The maximum Gasteiger partial charge on any atom is 0.0464 e. The summed E-state index contributed by atoms with van der Waals surface area (Å²) in [5.74, 6) is 0. The van der Waals surface area contributed by atoms with E-state index in [-0.39, 0.29) is 0 Å². The van der Waals surface area contributed by atoms with Crippen molar-refractivity contribution in [2.24, 2.45) is 5.11 Å². The minimum absolute atomic E-state index is 0.413. The Hall–Kier alpha value is -0.950. The van der Waals surface area contributed by atoms with Gasteiger partial charge in [0.25, 0.3) is 0 Å². The minimum atomic E-state index is 0.413. The Kier molecular flexibility index (Phi) is 2.81. The van der Waals surface area contributed by atoms with Gasteiger partial charge in [-0.3, -0.25) is 0 Å². The summed E-state index contributed by atoms with van der Waals surface area (Å²) in [6.45, 7) is 5.76. The smallest absolute Gasteiger partial charge is 0.0464 e. The van der Waals surface area contributed by atoms with Gasteiger partial charge in [0, 0.05) is 11.5 Å². The zero-order valence-corrected chi connectivity index (χ0v) is 4.26. The fourth-order valence-electron chi connectivity index (χ4n) is 0.152. The average Bonchev–Trinajstić information content (AvgIpc) is 1.61. The number of rotatable bonds is 2. The van der Waals surface area contributed by atoms with Gasteiger partial charge >= 0.3 is 0 Å². The van der Waals surface area contributed by atoms with Crippen LogP contribution in [-0.2, 0) is 0 Å². The lowest BCUT2D eigenvalue weighted by Gasteiger charge is -1.81. The van der Waals surface area contributed by atoms with Crippen molar-refractivity contribution >= 4 is 0 Å². The molecule has 0 atom stereocenters. The number of azide groups is 1. The molecule has 0 bridgehead atoms. The first kappa shape index (κ1) is 6.05. The molecule has 0 N–H and O–H groups in total. The van der Waals surface area contributed by atoms with E-state index in [0.29, 0.717) is 6.54 Å². The van der Waals surface area contributed by atoms with Crippen LogP contribution in [0.5, 0.6) is 0 Å². The maximum absolute atomic E-state index is 7.73. The third-order valence-corrected chi connectivity index (χ3v) is 0.404. The van der Waals surface area contributed by atoms with Crippen molar-refractivity contribution in [3.8, 4) is 0 Å². The molecular weight excluding hydrogens is 90.1 g/mol. The third-order valence-electron chi connectivity index (χ3n) is 0.404. The maximum atomic E-state index is 7.73. The first-order valence-electron chi connectivity index (χ1n) is 1.92. The molecule has 0 saturated heterocycles. The summed E-state index contributed by atoms with van der Waals surface area (Å²) in [5, 5.41) is 3.25. The second kappa shape index (κ2) is 3.25. The van der Waals surface area contributed by atoms with E-state index in [0.717, 1.165) is 5.57 Å². The Labute approximate surface area is 42.3 Å². The molecule has 0 saturated carbocycles. The molecule has 0 aliphatic rings. The summed E-state index contributed by atoms with van der Waals surface area (Å²) < 4.78 is 0. The first-order chi connectivity index (χ1) is 3.27. The highest BCUT2D eigenvalue weighted by Crippen LogP contribution is 1.85. The molecule has 3 heteroatoms. The molecule has 0 heterocycles. The topological polar surface area (TPSA) is 48.8 Å². The molecule has 0 aliphatic carbocycles. The van der Waals surface area contributed by atoms with Gasteiger partial charge in [-0.2, -0.15) is 0 Å². The van der Waals surface area contributed by atoms with Crippen molar-refractivity contribution in [2.75, 3.05) is 6.54 Å². The van der Waals surface area contributed by atoms with E-state index in [2.05, 4.69) is 16.6 Å². The van der Waals surface area contributed by atoms with Crippen molar-refractivity contribution in [1.82, 2.24) is 0 Å². The van der Waals surface area contributed by atoms with Crippen LogP contribution in [-0.4, -0.2) is 6.54 Å². The van der Waals surface area contributed by atoms with E-state index < -0.39 is 0 Å². The lowest BCUT2D eigenvalue weighted by Crippen LogP contribution is -1.73. The summed E-state index contributed by atoms with van der Waals surface area (Å²) >= 11 is 0. The van der Waals surface area contributed by atoms with Gasteiger partial charge in [-0.05, 0) is 12.5 Å². The molecule has 0 amide bonds. The largest absolute Gasteiger partial charge is 0.100 e. The fourth-order valence-corrected chi connectivity index (χ4v) is 0.152. The predicted octanol–water partition coefficient (Wildman–Crippen LogP) is 1.87. The molecule has 7 heavy (non-hydrogen) atoms. The Morgan fingerprint density at radius 3 is 2.71 bits per heavy atom. The SMILES string of the molecule is C=C(C)CN=[N+]=[N-]. The number of hydrogen-bond donors (Lipinski definition) is 0. The summed E-state index contributed by atoms with van der Waals surface area (Å²) in [7, 11) is 0. The quantitative estimate of drug-likeness (QED) is 0.218. The Balaban J connectivity index is 3.32. The van der Waals surface area contributed by atoms with Crippen LogP contribution in [0.25, 0.3) is 10.4 Å². The first-order valence-corrected chi connectivity index (χ1v) is 1.92. The predicted molar refractivity (Wildman–Crippen MR) is 28.8 cm³/mol. The second-order valence-corrected chi connectivity index (χ2v) is 1.35. The summed E-state index contributed by atoms with van der Waals surface area (Å²) in [5.41, 5.74) is 8.62. The van der Waals surface area contributed by atoms with E-state index >= 15 is 0 Å². The molecule has 0 aliphatic heterocycles. The van der Waals surface area contributed by atoms with Gasteiger partial charge < -0.3 is 0 Å². The van der Waals surface area contributed by atoms with Gasteiger partial charge in [0.15, 0.2) is 0 Å². The van der Waals surface area contributed by atoms with Crippen molar-refractivity contribution in [1.29, 1.82) is 0 Å². The van der Waals surface area contributed by atoms with E-state index in [1.54, 1.807) is 0 Å². The van der Waals surface area contributed by atoms with Crippen LogP contribution in [0.15, 0.2) is 17.3 Å². The lowest BCUT2D eigenvalue weighted by molar-refractivity contribution is 1.12. The Morgan fingerprint density at radius 2 is 2.57 bits per heavy atom. The highest BCUT2D eigenvalue weighted by Gasteiger charge is 1.74. The van der Waals surface area contributed by atoms with Crippen LogP contribution in [0, 0.1) is 0 Å². The summed E-state index contributed by atoms with van der Waals surface area (Å²) in [4.78, 5) is 2.54. The fraction of sp³-hybridized carbons (Fsp3) is 0.500. The zero-order valence-electron chi connectivity index (χ0n) is 4.26. The molecule has 0 aromatic heterocycles. The van der Waals surface area contributed by atoms with Crippen molar-refractivity contribution in [3.63, 3.8) is 0 Å². The molecule has 0 aromatic rings. The Morgan fingerprint density at radius 1 is 2.00 bits per heavy atom. The second-order valence-electron chi connectivity index (χ2n) is 1.35. The van der Waals surface area contributed by atoms with Crippen LogP contribution in [0.3, 0.4) is 0 Å². The van der Waals surface area contributed by atoms with Crippen LogP contribution in [0.4, 0.5) is 0 Å². The van der Waals surface area contributed by atoms with Crippen LogP contribution in [0.1, 0.15) is 6.92 Å². The Bertz CT molecular complexity index is 110.